The Hall–Kier alpha value is -1.02. The Kier molecular flexibility index (Phi) is 6.25. The van der Waals surface area contributed by atoms with Gasteiger partial charge in [-0.2, -0.15) is 0 Å². The van der Waals surface area contributed by atoms with E-state index in [9.17, 15) is 13.2 Å². The summed E-state index contributed by atoms with van der Waals surface area (Å²) in [6.45, 7) is 6.09. The minimum Gasteiger partial charge on any atom is -0.444 e. The van der Waals surface area contributed by atoms with Crippen molar-refractivity contribution in [1.82, 2.24) is 9.62 Å². The van der Waals surface area contributed by atoms with Crippen molar-refractivity contribution in [3.05, 3.63) is 33.8 Å². The Bertz CT molecular complexity index is 747. The second kappa shape index (κ2) is 7.70. The number of halogens is 2. The fourth-order valence-electron chi connectivity index (χ4n) is 2.49. The maximum Gasteiger partial charge on any atom is 0.410 e. The molecule has 1 aliphatic heterocycles. The van der Waals surface area contributed by atoms with E-state index in [2.05, 4.69) is 4.72 Å². The number of hydrogen-bond acceptors (Lipinski definition) is 4. The van der Waals surface area contributed by atoms with E-state index in [0.29, 0.717) is 28.6 Å². The van der Waals surface area contributed by atoms with Crippen LogP contribution in [0, 0.1) is 0 Å². The van der Waals surface area contributed by atoms with E-state index in [1.165, 1.54) is 11.0 Å². The Morgan fingerprint density at radius 1 is 1.36 bits per heavy atom. The highest BCUT2D eigenvalue weighted by atomic mass is 35.5. The minimum absolute atomic E-state index is 0.244. The number of nitrogens with one attached hydrogen (secondary N) is 1. The predicted octanol–water partition coefficient (Wildman–Crippen LogP) is 3.42. The zero-order chi connectivity index (χ0) is 18.8. The normalized spacial score (nSPS) is 18.4. The van der Waals surface area contributed by atoms with Crippen molar-refractivity contribution in [3.8, 4) is 0 Å². The number of rotatable bonds is 4. The minimum atomic E-state index is -3.59. The van der Waals surface area contributed by atoms with Crippen molar-refractivity contribution >= 4 is 39.3 Å². The third kappa shape index (κ3) is 6.33. The Morgan fingerprint density at radius 3 is 2.64 bits per heavy atom. The third-order valence-corrected chi connectivity index (χ3v) is 5.52. The summed E-state index contributed by atoms with van der Waals surface area (Å²) in [7, 11) is -3.59. The summed E-state index contributed by atoms with van der Waals surface area (Å²) in [6, 6.07) is 4.35. The molecule has 0 aromatic heterocycles. The van der Waals surface area contributed by atoms with Gasteiger partial charge in [0, 0.05) is 29.2 Å². The maximum absolute atomic E-state index is 12.4. The van der Waals surface area contributed by atoms with Crippen LogP contribution in [0.3, 0.4) is 0 Å². The van der Waals surface area contributed by atoms with Gasteiger partial charge in [0.1, 0.15) is 5.60 Å². The number of likely N-dealkylation sites (tertiary alicyclic amines) is 1. The molecular weight excluding hydrogens is 387 g/mol. The van der Waals surface area contributed by atoms with E-state index >= 15 is 0 Å². The number of hydrogen-bond donors (Lipinski definition) is 1. The second-order valence-electron chi connectivity index (χ2n) is 7.02. The molecule has 1 aliphatic rings. The number of carbonyl (C=O) groups excluding carboxylic acids is 1. The molecule has 1 saturated heterocycles. The van der Waals surface area contributed by atoms with Crippen LogP contribution in [-0.4, -0.2) is 44.1 Å². The van der Waals surface area contributed by atoms with Gasteiger partial charge in [-0.05, 0) is 44.9 Å². The molecule has 0 aliphatic carbocycles. The lowest BCUT2D eigenvalue weighted by Crippen LogP contribution is -2.40. The third-order valence-electron chi connectivity index (χ3n) is 3.55. The molecular formula is C16H22Cl2N2O4S. The first kappa shape index (κ1) is 20.3. The molecule has 6 nitrogen and oxygen atoms in total. The van der Waals surface area contributed by atoms with E-state index in [1.807, 2.05) is 0 Å². The van der Waals surface area contributed by atoms with Crippen LogP contribution in [0.25, 0.3) is 0 Å². The maximum atomic E-state index is 12.4. The lowest BCUT2D eigenvalue weighted by atomic mass is 10.2. The Labute approximate surface area is 158 Å². The molecule has 9 heteroatoms. The number of carbonyl (C=O) groups is 1. The van der Waals surface area contributed by atoms with Crippen molar-refractivity contribution in [1.29, 1.82) is 0 Å². The number of benzene rings is 1. The lowest BCUT2D eigenvalue weighted by Gasteiger charge is -2.24. The summed E-state index contributed by atoms with van der Waals surface area (Å²) < 4.78 is 32.6. The zero-order valence-corrected chi connectivity index (χ0v) is 16.7. The van der Waals surface area contributed by atoms with Crippen LogP contribution in [-0.2, 0) is 20.5 Å². The van der Waals surface area contributed by atoms with Gasteiger partial charge in [0.2, 0.25) is 10.0 Å². The van der Waals surface area contributed by atoms with Crippen LogP contribution >= 0.6 is 23.2 Å². The summed E-state index contributed by atoms with van der Waals surface area (Å²) in [5.74, 6) is -0.244. The number of ether oxygens (including phenoxy) is 1. The first-order valence-corrected chi connectivity index (χ1v) is 10.3. The molecule has 25 heavy (non-hydrogen) atoms. The van der Waals surface area contributed by atoms with Crippen LogP contribution in [0.2, 0.25) is 10.0 Å². The summed E-state index contributed by atoms with van der Waals surface area (Å²) in [5.41, 5.74) is -0.111. The van der Waals surface area contributed by atoms with Crippen molar-refractivity contribution in [2.45, 2.75) is 44.6 Å². The van der Waals surface area contributed by atoms with E-state index in [-0.39, 0.29) is 18.3 Å². The molecule has 1 fully saturated rings. The van der Waals surface area contributed by atoms with E-state index in [1.54, 1.807) is 32.9 Å². The van der Waals surface area contributed by atoms with Gasteiger partial charge < -0.3 is 9.64 Å². The van der Waals surface area contributed by atoms with E-state index in [4.69, 9.17) is 27.9 Å². The van der Waals surface area contributed by atoms with Crippen LogP contribution in [0.15, 0.2) is 18.2 Å². The quantitative estimate of drug-likeness (QED) is 0.827. The monoisotopic (exact) mass is 408 g/mol. The standard InChI is InChI=1S/C16H22Cl2N2O4S/c1-16(2,3)24-15(21)20-7-6-13(9-20)19-25(22,23)10-11-4-5-12(17)8-14(11)18/h4-5,8,13,19H,6-7,9-10H2,1-3H3/t13-/m0/s1. The van der Waals surface area contributed by atoms with Crippen LogP contribution in [0.4, 0.5) is 4.79 Å². The number of amides is 1. The summed E-state index contributed by atoms with van der Waals surface area (Å²) in [5, 5.41) is 0.752. The molecule has 0 radical (unpaired) electrons. The molecule has 1 aromatic carbocycles. The first-order valence-electron chi connectivity index (χ1n) is 7.87. The van der Waals surface area contributed by atoms with Gasteiger partial charge in [-0.1, -0.05) is 29.3 Å². The molecule has 1 N–H and O–H groups in total. The second-order valence-corrected chi connectivity index (χ2v) is 9.62. The summed E-state index contributed by atoms with van der Waals surface area (Å²) in [6.07, 6.45) is 0.0993. The highest BCUT2D eigenvalue weighted by Gasteiger charge is 2.32. The fourth-order valence-corrected chi connectivity index (χ4v) is 4.49. The molecule has 0 spiro atoms. The van der Waals surface area contributed by atoms with Crippen molar-refractivity contribution in [3.63, 3.8) is 0 Å². The van der Waals surface area contributed by atoms with Crippen molar-refractivity contribution in [2.75, 3.05) is 13.1 Å². The van der Waals surface area contributed by atoms with Gasteiger partial charge >= 0.3 is 6.09 Å². The number of sulfonamides is 1. The van der Waals surface area contributed by atoms with Gasteiger partial charge in [-0.15, -0.1) is 0 Å². The first-order chi connectivity index (χ1) is 11.5. The average molecular weight is 409 g/mol. The lowest BCUT2D eigenvalue weighted by molar-refractivity contribution is 0.0292. The van der Waals surface area contributed by atoms with E-state index < -0.39 is 21.7 Å². The van der Waals surface area contributed by atoms with Gasteiger partial charge in [0.25, 0.3) is 0 Å². The highest BCUT2D eigenvalue weighted by molar-refractivity contribution is 7.88. The largest absolute Gasteiger partial charge is 0.444 e. The summed E-state index contributed by atoms with van der Waals surface area (Å²) >= 11 is 11.9. The fraction of sp³-hybridized carbons (Fsp3) is 0.562. The molecule has 140 valence electrons. The Morgan fingerprint density at radius 2 is 2.04 bits per heavy atom. The van der Waals surface area contributed by atoms with Gasteiger partial charge in [-0.3, -0.25) is 0 Å². The molecule has 0 bridgehead atoms. The van der Waals surface area contributed by atoms with Crippen LogP contribution < -0.4 is 4.72 Å². The van der Waals surface area contributed by atoms with Crippen molar-refractivity contribution in [2.24, 2.45) is 0 Å². The molecule has 1 heterocycles. The van der Waals surface area contributed by atoms with E-state index in [0.717, 1.165) is 0 Å². The van der Waals surface area contributed by atoms with Crippen molar-refractivity contribution < 1.29 is 17.9 Å². The predicted molar refractivity (Wildman–Crippen MR) is 98.4 cm³/mol. The van der Waals surface area contributed by atoms with Crippen LogP contribution in [0.1, 0.15) is 32.8 Å². The SMILES string of the molecule is CC(C)(C)OC(=O)N1CC[C@H](NS(=O)(=O)Cc2ccc(Cl)cc2Cl)C1. The van der Waals surface area contributed by atoms with Gasteiger partial charge in [0.15, 0.2) is 0 Å². The molecule has 2 rings (SSSR count). The zero-order valence-electron chi connectivity index (χ0n) is 14.4. The molecule has 1 atom stereocenters. The Balaban J connectivity index is 1.94. The molecule has 1 aromatic rings. The molecule has 0 saturated carbocycles. The highest BCUT2D eigenvalue weighted by Crippen LogP contribution is 2.23. The topological polar surface area (TPSA) is 75.7 Å². The summed E-state index contributed by atoms with van der Waals surface area (Å²) in [4.78, 5) is 13.5. The van der Waals surface area contributed by atoms with Crippen LogP contribution in [0.5, 0.6) is 0 Å². The average Bonchev–Trinajstić information content (AvgIpc) is 2.88. The number of nitrogens with zero attached hydrogens (tertiary/aromatic N) is 1. The van der Waals surface area contributed by atoms with Gasteiger partial charge in [0.05, 0.1) is 5.75 Å². The molecule has 0 unspecified atom stereocenters. The smallest absolute Gasteiger partial charge is 0.410 e. The molecule has 1 amide bonds. The van der Waals surface area contributed by atoms with Gasteiger partial charge in [-0.25, -0.2) is 17.9 Å².